The fraction of sp³-hybridized carbons (Fsp3) is 0.667. The molecule has 0 fully saturated rings. The van der Waals surface area contributed by atoms with Gasteiger partial charge in [-0.2, -0.15) is 4.68 Å². The van der Waals surface area contributed by atoms with Crippen LogP contribution in [0.1, 0.15) is 121 Å². The van der Waals surface area contributed by atoms with E-state index in [4.69, 9.17) is 0 Å². The maximum atomic E-state index is 12.3. The molecule has 4 nitrogen and oxygen atoms in total. The summed E-state index contributed by atoms with van der Waals surface area (Å²) in [5.74, 6) is 0.0512. The van der Waals surface area contributed by atoms with Gasteiger partial charge >= 0.3 is 0 Å². The Hall–Kier alpha value is -1.97. The van der Waals surface area contributed by atoms with Gasteiger partial charge in [-0.15, -0.1) is 5.10 Å². The molecule has 0 N–H and O–H groups in total. The fourth-order valence-electron chi connectivity index (χ4n) is 4.04. The molecule has 172 valence electrons. The number of aromatic nitrogens is 3. The molecule has 0 spiro atoms. The average molecular weight is 426 g/mol. The first-order valence-corrected chi connectivity index (χ1v) is 12.8. The van der Waals surface area contributed by atoms with Gasteiger partial charge in [0.1, 0.15) is 5.52 Å². The maximum Gasteiger partial charge on any atom is 0.248 e. The van der Waals surface area contributed by atoms with E-state index in [1.807, 2.05) is 24.3 Å². The molecule has 1 heterocycles. The van der Waals surface area contributed by atoms with Crippen molar-refractivity contribution < 1.29 is 4.79 Å². The summed E-state index contributed by atoms with van der Waals surface area (Å²) < 4.78 is 1.45. The van der Waals surface area contributed by atoms with Crippen LogP contribution in [0.2, 0.25) is 0 Å². The van der Waals surface area contributed by atoms with Gasteiger partial charge in [-0.25, -0.2) is 0 Å². The van der Waals surface area contributed by atoms with Gasteiger partial charge in [-0.05, 0) is 44.2 Å². The van der Waals surface area contributed by atoms with E-state index in [0.717, 1.165) is 23.9 Å². The van der Waals surface area contributed by atoms with E-state index in [1.165, 1.54) is 94.6 Å². The maximum absolute atomic E-state index is 12.3. The summed E-state index contributed by atoms with van der Waals surface area (Å²) in [5, 5.41) is 8.06. The van der Waals surface area contributed by atoms with Crippen LogP contribution in [0, 0.1) is 0 Å². The minimum Gasteiger partial charge on any atom is -0.273 e. The summed E-state index contributed by atoms with van der Waals surface area (Å²) in [6.45, 7) is 2.28. The zero-order valence-corrected chi connectivity index (χ0v) is 19.7. The standard InChI is InChI=1S/C27H43N3O/c1-2-3-4-5-6-7-8-9-10-11-12-13-14-15-16-17-18-19-24-27(31)30-26-23-21-20-22-25(26)28-29-30/h11-12,20-23H,2-10,13-19,24H2,1H3/b12-11+. The zero-order chi connectivity index (χ0) is 22.0. The van der Waals surface area contributed by atoms with Gasteiger partial charge in [-0.1, -0.05) is 107 Å². The molecule has 0 aliphatic carbocycles. The van der Waals surface area contributed by atoms with E-state index in [9.17, 15) is 4.79 Å². The Bertz CT molecular complexity index is 750. The second-order valence-electron chi connectivity index (χ2n) is 8.78. The van der Waals surface area contributed by atoms with Crippen molar-refractivity contribution in [2.45, 2.75) is 116 Å². The Kier molecular flexibility index (Phi) is 13.6. The summed E-state index contributed by atoms with van der Waals surface area (Å²) in [4.78, 5) is 12.3. The Morgan fingerprint density at radius 2 is 1.32 bits per heavy atom. The molecule has 0 aliphatic heterocycles. The minimum atomic E-state index is 0.0512. The molecule has 2 aromatic rings. The van der Waals surface area contributed by atoms with E-state index in [2.05, 4.69) is 29.4 Å². The number of hydrogen-bond acceptors (Lipinski definition) is 3. The molecule has 0 atom stereocenters. The average Bonchev–Trinajstić information content (AvgIpc) is 3.22. The van der Waals surface area contributed by atoms with E-state index in [-0.39, 0.29) is 5.91 Å². The molecule has 0 aliphatic rings. The van der Waals surface area contributed by atoms with Gasteiger partial charge in [-0.3, -0.25) is 4.79 Å². The smallest absolute Gasteiger partial charge is 0.248 e. The van der Waals surface area contributed by atoms with Crippen molar-refractivity contribution >= 4 is 16.9 Å². The number of fused-ring (bicyclic) bond motifs is 1. The number of hydrogen-bond donors (Lipinski definition) is 0. The number of allylic oxidation sites excluding steroid dienone is 2. The number of carbonyl (C=O) groups is 1. The Labute approximate surface area is 189 Å². The van der Waals surface area contributed by atoms with Crippen molar-refractivity contribution in [2.24, 2.45) is 0 Å². The van der Waals surface area contributed by atoms with Crippen LogP contribution < -0.4 is 0 Å². The molecule has 4 heteroatoms. The summed E-state index contributed by atoms with van der Waals surface area (Å²) in [5.41, 5.74) is 1.59. The summed E-state index contributed by atoms with van der Waals surface area (Å²) in [7, 11) is 0. The van der Waals surface area contributed by atoms with Crippen molar-refractivity contribution in [1.82, 2.24) is 15.0 Å². The quantitative estimate of drug-likeness (QED) is 0.178. The van der Waals surface area contributed by atoms with E-state index >= 15 is 0 Å². The predicted molar refractivity (Wildman–Crippen MR) is 131 cm³/mol. The topological polar surface area (TPSA) is 47.8 Å². The third-order valence-corrected chi connectivity index (χ3v) is 5.99. The van der Waals surface area contributed by atoms with Gasteiger partial charge in [0.25, 0.3) is 0 Å². The van der Waals surface area contributed by atoms with Crippen LogP contribution in [0.5, 0.6) is 0 Å². The predicted octanol–water partition coefficient (Wildman–Crippen LogP) is 8.28. The molecule has 0 unspecified atom stereocenters. The SMILES string of the molecule is CCCCCCCCCC/C=C/CCCCCCCCC(=O)n1nnc2ccccc21. The van der Waals surface area contributed by atoms with E-state index in [0.29, 0.717) is 6.42 Å². The molecule has 1 aromatic carbocycles. The first-order valence-electron chi connectivity index (χ1n) is 12.8. The monoisotopic (exact) mass is 425 g/mol. The molecular formula is C27H43N3O. The van der Waals surface area contributed by atoms with Gasteiger partial charge in [0.15, 0.2) is 0 Å². The van der Waals surface area contributed by atoms with Crippen LogP contribution in [-0.2, 0) is 0 Å². The van der Waals surface area contributed by atoms with Crippen molar-refractivity contribution in [1.29, 1.82) is 0 Å². The van der Waals surface area contributed by atoms with Gasteiger partial charge < -0.3 is 0 Å². The molecule has 2 rings (SSSR count). The number of carbonyl (C=O) groups excluding carboxylic acids is 1. The van der Waals surface area contributed by atoms with Crippen LogP contribution in [-0.4, -0.2) is 20.9 Å². The highest BCUT2D eigenvalue weighted by Crippen LogP contribution is 2.14. The Morgan fingerprint density at radius 1 is 0.774 bits per heavy atom. The first-order chi connectivity index (χ1) is 15.3. The Morgan fingerprint density at radius 3 is 1.97 bits per heavy atom. The highest BCUT2D eigenvalue weighted by Gasteiger charge is 2.10. The normalized spacial score (nSPS) is 11.6. The highest BCUT2D eigenvalue weighted by molar-refractivity contribution is 5.88. The molecule has 31 heavy (non-hydrogen) atoms. The van der Waals surface area contributed by atoms with Crippen LogP contribution in [0.15, 0.2) is 36.4 Å². The van der Waals surface area contributed by atoms with Crippen LogP contribution in [0.4, 0.5) is 0 Å². The molecule has 1 aromatic heterocycles. The van der Waals surface area contributed by atoms with Crippen molar-refractivity contribution in [3.05, 3.63) is 36.4 Å². The summed E-state index contributed by atoms with van der Waals surface area (Å²) in [6.07, 6.45) is 26.1. The molecule has 0 radical (unpaired) electrons. The van der Waals surface area contributed by atoms with Crippen LogP contribution in [0.3, 0.4) is 0 Å². The number of nitrogens with zero attached hydrogens (tertiary/aromatic N) is 3. The van der Waals surface area contributed by atoms with Gasteiger partial charge in [0.2, 0.25) is 5.91 Å². The molecule has 0 saturated heterocycles. The van der Waals surface area contributed by atoms with Crippen molar-refractivity contribution in [3.63, 3.8) is 0 Å². The lowest BCUT2D eigenvalue weighted by molar-refractivity contribution is 0.0886. The van der Waals surface area contributed by atoms with Gasteiger partial charge in [0.05, 0.1) is 5.52 Å². The first kappa shape index (κ1) is 25.3. The molecule has 0 amide bonds. The third-order valence-electron chi connectivity index (χ3n) is 5.99. The number of para-hydroxylation sites is 1. The highest BCUT2D eigenvalue weighted by atomic mass is 16.2. The van der Waals surface area contributed by atoms with Gasteiger partial charge in [0, 0.05) is 6.42 Å². The van der Waals surface area contributed by atoms with E-state index in [1.54, 1.807) is 0 Å². The van der Waals surface area contributed by atoms with Crippen molar-refractivity contribution in [2.75, 3.05) is 0 Å². The lowest BCUT2D eigenvalue weighted by Crippen LogP contribution is -2.12. The number of benzene rings is 1. The lowest BCUT2D eigenvalue weighted by atomic mass is 10.1. The Balaban J connectivity index is 1.37. The fourth-order valence-corrected chi connectivity index (χ4v) is 4.04. The number of unbranched alkanes of at least 4 members (excludes halogenated alkanes) is 14. The zero-order valence-electron chi connectivity index (χ0n) is 19.7. The van der Waals surface area contributed by atoms with Crippen molar-refractivity contribution in [3.8, 4) is 0 Å². The lowest BCUT2D eigenvalue weighted by Gasteiger charge is -2.02. The van der Waals surface area contributed by atoms with Crippen LogP contribution >= 0.6 is 0 Å². The summed E-state index contributed by atoms with van der Waals surface area (Å²) in [6, 6.07) is 7.62. The van der Waals surface area contributed by atoms with E-state index < -0.39 is 0 Å². The second-order valence-corrected chi connectivity index (χ2v) is 8.78. The van der Waals surface area contributed by atoms with Crippen LogP contribution in [0.25, 0.3) is 11.0 Å². The molecular weight excluding hydrogens is 382 g/mol. The molecule has 0 saturated carbocycles. The number of rotatable bonds is 18. The molecule has 0 bridgehead atoms. The second kappa shape index (κ2) is 16.7. The largest absolute Gasteiger partial charge is 0.273 e. The minimum absolute atomic E-state index is 0.0512. The summed E-state index contributed by atoms with van der Waals surface area (Å²) >= 11 is 0. The third kappa shape index (κ3) is 10.8.